The van der Waals surface area contributed by atoms with Gasteiger partial charge < -0.3 is 5.32 Å². The van der Waals surface area contributed by atoms with Crippen LogP contribution in [0.2, 0.25) is 5.02 Å². The van der Waals surface area contributed by atoms with E-state index in [-0.39, 0.29) is 37.0 Å². The Balaban J connectivity index is 1.57. The number of nitrogens with zero attached hydrogens (tertiary/aromatic N) is 2. The first-order valence-electron chi connectivity index (χ1n) is 10.5. The predicted octanol–water partition coefficient (Wildman–Crippen LogP) is 5.82. The molecule has 0 saturated carbocycles. The molecule has 174 valence electrons. The lowest BCUT2D eigenvalue weighted by atomic mass is 10.1. The van der Waals surface area contributed by atoms with E-state index in [4.69, 9.17) is 11.6 Å². The lowest BCUT2D eigenvalue weighted by molar-refractivity contribution is -0.129. The number of hydrogen-bond acceptors (Lipinski definition) is 4. The number of carbonyl (C=O) groups excluding carboxylic acids is 2. The van der Waals surface area contributed by atoms with E-state index in [0.29, 0.717) is 27.1 Å². The van der Waals surface area contributed by atoms with Gasteiger partial charge in [0.15, 0.2) is 5.17 Å². The number of halogens is 3. The molecule has 1 N–H and O–H groups in total. The fourth-order valence-electron chi connectivity index (χ4n) is 3.40. The molecule has 1 aliphatic heterocycles. The van der Waals surface area contributed by atoms with Crippen molar-refractivity contribution in [2.24, 2.45) is 4.99 Å². The van der Waals surface area contributed by atoms with Crippen molar-refractivity contribution in [3.63, 3.8) is 0 Å². The number of amidine groups is 1. The van der Waals surface area contributed by atoms with Crippen molar-refractivity contribution in [3.8, 4) is 0 Å². The van der Waals surface area contributed by atoms with Gasteiger partial charge in [-0.3, -0.25) is 14.5 Å². The van der Waals surface area contributed by atoms with Gasteiger partial charge in [0.25, 0.3) is 0 Å². The second kappa shape index (κ2) is 10.8. The molecular weight excluding hydrogens is 480 g/mol. The number of para-hydroxylation sites is 1. The van der Waals surface area contributed by atoms with Crippen LogP contribution in [0.1, 0.15) is 12.0 Å². The smallest absolute Gasteiger partial charge is 0.238 e. The molecule has 34 heavy (non-hydrogen) atoms. The number of benzene rings is 3. The zero-order valence-electron chi connectivity index (χ0n) is 17.9. The average molecular weight is 500 g/mol. The SMILES string of the molecule is O=C(Nc1ccccc1Cl)C1CC(=O)N(CCc2ccccc2F)C(=Nc2ccc(F)cc2)S1. The normalized spacial score (nSPS) is 17.1. The number of rotatable bonds is 6. The summed E-state index contributed by atoms with van der Waals surface area (Å²) in [5.41, 5.74) is 1.35. The Morgan fingerprint density at radius 2 is 1.76 bits per heavy atom. The Hall–Kier alpha value is -3.23. The van der Waals surface area contributed by atoms with Crippen LogP contribution in [-0.4, -0.2) is 33.7 Å². The van der Waals surface area contributed by atoms with Crippen LogP contribution < -0.4 is 5.32 Å². The lowest BCUT2D eigenvalue weighted by Crippen LogP contribution is -2.46. The highest BCUT2D eigenvalue weighted by Crippen LogP contribution is 2.31. The van der Waals surface area contributed by atoms with E-state index < -0.39 is 11.1 Å². The quantitative estimate of drug-likeness (QED) is 0.465. The Labute approximate surface area is 204 Å². The molecule has 3 aromatic rings. The largest absolute Gasteiger partial charge is 0.324 e. The molecule has 2 amide bonds. The minimum absolute atomic E-state index is 0.0549. The van der Waals surface area contributed by atoms with Gasteiger partial charge in [-0.25, -0.2) is 13.8 Å². The fraction of sp³-hybridized carbons (Fsp3) is 0.160. The Bertz CT molecular complexity index is 1240. The van der Waals surface area contributed by atoms with Crippen molar-refractivity contribution in [2.45, 2.75) is 18.1 Å². The van der Waals surface area contributed by atoms with E-state index in [2.05, 4.69) is 10.3 Å². The molecule has 1 aliphatic rings. The maximum Gasteiger partial charge on any atom is 0.238 e. The Kier molecular flexibility index (Phi) is 7.59. The summed E-state index contributed by atoms with van der Waals surface area (Å²) in [6.45, 7) is 0.186. The molecule has 0 aromatic heterocycles. The topological polar surface area (TPSA) is 61.8 Å². The molecule has 0 aliphatic carbocycles. The van der Waals surface area contributed by atoms with E-state index in [1.807, 2.05) is 0 Å². The van der Waals surface area contributed by atoms with Gasteiger partial charge in [0, 0.05) is 13.0 Å². The molecule has 1 atom stereocenters. The van der Waals surface area contributed by atoms with Gasteiger partial charge >= 0.3 is 0 Å². The van der Waals surface area contributed by atoms with Gasteiger partial charge in [-0.15, -0.1) is 0 Å². The second-order valence-electron chi connectivity index (χ2n) is 7.54. The highest BCUT2D eigenvalue weighted by atomic mass is 35.5. The van der Waals surface area contributed by atoms with Gasteiger partial charge in [0.2, 0.25) is 11.8 Å². The van der Waals surface area contributed by atoms with Crippen LogP contribution in [0, 0.1) is 11.6 Å². The van der Waals surface area contributed by atoms with E-state index in [9.17, 15) is 18.4 Å². The molecule has 3 aromatic carbocycles. The minimum Gasteiger partial charge on any atom is -0.324 e. The van der Waals surface area contributed by atoms with Gasteiger partial charge in [0.1, 0.15) is 16.9 Å². The zero-order valence-corrected chi connectivity index (χ0v) is 19.5. The summed E-state index contributed by atoms with van der Waals surface area (Å²) < 4.78 is 27.4. The van der Waals surface area contributed by atoms with Crippen LogP contribution in [0.3, 0.4) is 0 Å². The molecule has 0 spiro atoms. The maximum atomic E-state index is 14.1. The van der Waals surface area contributed by atoms with Gasteiger partial charge in [-0.05, 0) is 54.4 Å². The Morgan fingerprint density at radius 1 is 1.06 bits per heavy atom. The first-order valence-corrected chi connectivity index (χ1v) is 11.8. The van der Waals surface area contributed by atoms with Gasteiger partial charge in [0.05, 0.1) is 16.4 Å². The van der Waals surface area contributed by atoms with E-state index in [0.717, 1.165) is 11.8 Å². The monoisotopic (exact) mass is 499 g/mol. The number of hydrogen-bond donors (Lipinski definition) is 1. The maximum absolute atomic E-state index is 14.1. The highest BCUT2D eigenvalue weighted by molar-refractivity contribution is 8.15. The first kappa shape index (κ1) is 23.9. The molecule has 1 fully saturated rings. The van der Waals surface area contributed by atoms with Crippen molar-refractivity contribution in [1.82, 2.24) is 4.90 Å². The van der Waals surface area contributed by atoms with Crippen molar-refractivity contribution in [1.29, 1.82) is 0 Å². The predicted molar refractivity (Wildman–Crippen MR) is 131 cm³/mol. The molecule has 1 heterocycles. The van der Waals surface area contributed by atoms with Crippen LogP contribution in [0.25, 0.3) is 0 Å². The molecule has 1 unspecified atom stereocenters. The van der Waals surface area contributed by atoms with Crippen LogP contribution in [0.5, 0.6) is 0 Å². The van der Waals surface area contributed by atoms with Gasteiger partial charge in [-0.1, -0.05) is 53.7 Å². The molecule has 5 nitrogen and oxygen atoms in total. The summed E-state index contributed by atoms with van der Waals surface area (Å²) in [4.78, 5) is 31.9. The highest BCUT2D eigenvalue weighted by Gasteiger charge is 2.36. The number of carbonyl (C=O) groups is 2. The van der Waals surface area contributed by atoms with Crippen molar-refractivity contribution >= 4 is 51.7 Å². The molecule has 4 rings (SSSR count). The number of thioether (sulfide) groups is 1. The molecule has 1 saturated heterocycles. The summed E-state index contributed by atoms with van der Waals surface area (Å²) in [7, 11) is 0. The van der Waals surface area contributed by atoms with Crippen LogP contribution in [0.4, 0.5) is 20.2 Å². The molecule has 0 radical (unpaired) electrons. The van der Waals surface area contributed by atoms with Crippen LogP contribution in [0.15, 0.2) is 77.8 Å². The van der Waals surface area contributed by atoms with Crippen molar-refractivity contribution < 1.29 is 18.4 Å². The number of nitrogens with one attached hydrogen (secondary N) is 1. The minimum atomic E-state index is -0.743. The lowest BCUT2D eigenvalue weighted by Gasteiger charge is -2.32. The third-order valence-corrected chi connectivity index (χ3v) is 6.70. The molecule has 0 bridgehead atoms. The van der Waals surface area contributed by atoms with Crippen LogP contribution in [-0.2, 0) is 16.0 Å². The first-order chi connectivity index (χ1) is 16.4. The summed E-state index contributed by atoms with van der Waals surface area (Å²) in [5.74, 6) is -1.46. The summed E-state index contributed by atoms with van der Waals surface area (Å²) in [6, 6.07) is 18.7. The number of anilines is 1. The third-order valence-electron chi connectivity index (χ3n) is 5.18. The third kappa shape index (κ3) is 5.81. The average Bonchev–Trinajstić information content (AvgIpc) is 2.82. The second-order valence-corrected chi connectivity index (χ2v) is 9.11. The fourth-order valence-corrected chi connectivity index (χ4v) is 4.70. The van der Waals surface area contributed by atoms with E-state index in [1.54, 1.807) is 42.5 Å². The van der Waals surface area contributed by atoms with Gasteiger partial charge in [-0.2, -0.15) is 0 Å². The standard InChI is InChI=1S/C25H20ClF2N3O2S/c26-19-6-2-4-8-21(19)30-24(33)22-15-23(32)31(14-13-16-5-1-3-7-20(16)28)25(34-22)29-18-11-9-17(27)10-12-18/h1-12,22H,13-15H2,(H,30,33). The van der Waals surface area contributed by atoms with Crippen molar-refractivity contribution in [2.75, 3.05) is 11.9 Å². The van der Waals surface area contributed by atoms with Crippen LogP contribution >= 0.6 is 23.4 Å². The molecule has 9 heteroatoms. The molecular formula is C25H20ClF2N3O2S. The number of amides is 2. The summed E-state index contributed by atoms with van der Waals surface area (Å²) >= 11 is 7.27. The zero-order chi connectivity index (χ0) is 24.1. The summed E-state index contributed by atoms with van der Waals surface area (Å²) in [5, 5.41) is 2.69. The van der Waals surface area contributed by atoms with E-state index >= 15 is 0 Å². The van der Waals surface area contributed by atoms with Crippen molar-refractivity contribution in [3.05, 3.63) is 95.0 Å². The Morgan fingerprint density at radius 3 is 2.50 bits per heavy atom. The van der Waals surface area contributed by atoms with E-state index in [1.165, 1.54) is 35.2 Å². The number of aliphatic imine (C=N–C) groups is 1. The summed E-state index contributed by atoms with van der Waals surface area (Å²) in [6.07, 6.45) is 0.221.